The maximum atomic E-state index is 12.1. The highest BCUT2D eigenvalue weighted by molar-refractivity contribution is 5.30. The van der Waals surface area contributed by atoms with Crippen molar-refractivity contribution in [1.29, 1.82) is 0 Å². The molecule has 2 aromatic rings. The minimum absolute atomic E-state index is 0.0217. The Morgan fingerprint density at radius 1 is 1.48 bits per heavy atom. The van der Waals surface area contributed by atoms with E-state index >= 15 is 0 Å². The van der Waals surface area contributed by atoms with E-state index in [4.69, 9.17) is 4.74 Å². The number of imidazole rings is 1. The minimum atomic E-state index is -0.0217. The highest BCUT2D eigenvalue weighted by Crippen LogP contribution is 2.28. The quantitative estimate of drug-likeness (QED) is 0.849. The summed E-state index contributed by atoms with van der Waals surface area (Å²) in [7, 11) is 0. The molecule has 0 bridgehead atoms. The lowest BCUT2D eigenvalue weighted by atomic mass is 9.99. The van der Waals surface area contributed by atoms with Crippen molar-refractivity contribution in [2.45, 2.75) is 32.2 Å². The van der Waals surface area contributed by atoms with Gasteiger partial charge in [0.25, 0.3) is 5.56 Å². The van der Waals surface area contributed by atoms with E-state index < -0.39 is 0 Å². The second kappa shape index (κ2) is 6.41. The minimum Gasteiger partial charge on any atom is -0.380 e. The van der Waals surface area contributed by atoms with Gasteiger partial charge in [0.1, 0.15) is 0 Å². The van der Waals surface area contributed by atoms with E-state index in [2.05, 4.69) is 14.9 Å². The number of hydrogen-bond acceptors (Lipinski definition) is 4. The zero-order valence-electron chi connectivity index (χ0n) is 12.4. The number of ether oxygens (including phenoxy) is 1. The molecule has 1 fully saturated rings. The summed E-state index contributed by atoms with van der Waals surface area (Å²) in [5, 5.41) is 0. The molecule has 0 radical (unpaired) electrons. The first-order chi connectivity index (χ1) is 10.3. The lowest BCUT2D eigenvalue weighted by Gasteiger charge is -2.35. The Hall–Kier alpha value is -1.66. The lowest BCUT2D eigenvalue weighted by Crippen LogP contribution is -2.37. The molecular weight excluding hydrogens is 268 g/mol. The third-order valence-corrected chi connectivity index (χ3v) is 4.11. The van der Waals surface area contributed by atoms with E-state index in [0.29, 0.717) is 5.78 Å². The molecule has 1 aliphatic rings. The van der Waals surface area contributed by atoms with Gasteiger partial charge < -0.3 is 9.72 Å². The molecule has 0 aromatic carbocycles. The predicted octanol–water partition coefficient (Wildman–Crippen LogP) is 1.59. The molecule has 0 amide bonds. The fourth-order valence-electron chi connectivity index (χ4n) is 3.06. The van der Waals surface area contributed by atoms with Crippen molar-refractivity contribution in [2.75, 3.05) is 26.3 Å². The molecule has 1 aliphatic heterocycles. The average molecular weight is 290 g/mol. The van der Waals surface area contributed by atoms with Crippen LogP contribution in [0.15, 0.2) is 23.3 Å². The third kappa shape index (κ3) is 3.01. The van der Waals surface area contributed by atoms with Gasteiger partial charge >= 0.3 is 0 Å². The maximum Gasteiger partial charge on any atom is 0.259 e. The highest BCUT2D eigenvalue weighted by atomic mass is 16.5. The Labute approximate surface area is 123 Å². The van der Waals surface area contributed by atoms with Crippen LogP contribution in [0.1, 0.15) is 37.9 Å². The second-order valence-corrected chi connectivity index (χ2v) is 5.43. The molecule has 1 N–H and O–H groups in total. The van der Waals surface area contributed by atoms with Crippen molar-refractivity contribution in [3.63, 3.8) is 0 Å². The van der Waals surface area contributed by atoms with Crippen molar-refractivity contribution >= 4 is 5.78 Å². The zero-order chi connectivity index (χ0) is 14.7. The van der Waals surface area contributed by atoms with E-state index in [0.717, 1.165) is 38.4 Å². The van der Waals surface area contributed by atoms with E-state index in [1.165, 1.54) is 17.2 Å². The first-order valence-corrected chi connectivity index (χ1v) is 7.67. The van der Waals surface area contributed by atoms with Crippen molar-refractivity contribution in [1.82, 2.24) is 19.3 Å². The first-order valence-electron chi connectivity index (χ1n) is 7.67. The molecule has 114 valence electrons. The number of fused-ring (bicyclic) bond motifs is 1. The number of aromatic amines is 1. The van der Waals surface area contributed by atoms with Gasteiger partial charge in [-0.3, -0.25) is 14.1 Å². The SMILES string of the molecule is CCOCCN1CCCC[C@@H]1c1cc(=O)n2ccnc2[nH]1. The van der Waals surface area contributed by atoms with Crippen LogP contribution in [0.3, 0.4) is 0 Å². The summed E-state index contributed by atoms with van der Waals surface area (Å²) in [6.45, 7) is 5.45. The van der Waals surface area contributed by atoms with Crippen molar-refractivity contribution in [3.8, 4) is 0 Å². The summed E-state index contributed by atoms with van der Waals surface area (Å²) >= 11 is 0. The topological polar surface area (TPSA) is 62.6 Å². The molecule has 3 rings (SSSR count). The predicted molar refractivity (Wildman–Crippen MR) is 80.5 cm³/mol. The molecule has 21 heavy (non-hydrogen) atoms. The maximum absolute atomic E-state index is 12.1. The Balaban J connectivity index is 1.85. The highest BCUT2D eigenvalue weighted by Gasteiger charge is 2.25. The number of piperidine rings is 1. The van der Waals surface area contributed by atoms with Crippen molar-refractivity contribution in [2.24, 2.45) is 0 Å². The van der Waals surface area contributed by atoms with Crippen LogP contribution in [0.4, 0.5) is 0 Å². The molecule has 0 spiro atoms. The van der Waals surface area contributed by atoms with Gasteiger partial charge in [0.05, 0.1) is 12.6 Å². The molecule has 0 aliphatic carbocycles. The molecular formula is C15H22N4O2. The molecule has 1 atom stereocenters. The third-order valence-electron chi connectivity index (χ3n) is 4.11. The summed E-state index contributed by atoms with van der Waals surface area (Å²) in [6, 6.07) is 1.96. The van der Waals surface area contributed by atoms with E-state index in [-0.39, 0.29) is 11.6 Å². The summed E-state index contributed by atoms with van der Waals surface area (Å²) in [6.07, 6.45) is 6.80. The smallest absolute Gasteiger partial charge is 0.259 e. The van der Waals surface area contributed by atoms with Gasteiger partial charge in [0.15, 0.2) is 0 Å². The summed E-state index contributed by atoms with van der Waals surface area (Å²) in [4.78, 5) is 22.0. The number of aromatic nitrogens is 3. The van der Waals surface area contributed by atoms with Crippen LogP contribution < -0.4 is 5.56 Å². The van der Waals surface area contributed by atoms with Gasteiger partial charge in [-0.15, -0.1) is 0 Å². The average Bonchev–Trinajstić information content (AvgIpc) is 2.97. The second-order valence-electron chi connectivity index (χ2n) is 5.43. The van der Waals surface area contributed by atoms with Gasteiger partial charge in [-0.1, -0.05) is 6.42 Å². The molecule has 6 heteroatoms. The Morgan fingerprint density at radius 2 is 2.38 bits per heavy atom. The lowest BCUT2D eigenvalue weighted by molar-refractivity contribution is 0.0759. The largest absolute Gasteiger partial charge is 0.380 e. The van der Waals surface area contributed by atoms with Gasteiger partial charge in [-0.25, -0.2) is 4.98 Å². The van der Waals surface area contributed by atoms with Gasteiger partial charge in [-0.2, -0.15) is 0 Å². The normalized spacial score (nSPS) is 20.1. The fourth-order valence-corrected chi connectivity index (χ4v) is 3.06. The van der Waals surface area contributed by atoms with Crippen LogP contribution in [-0.4, -0.2) is 45.6 Å². The Bertz CT molecular complexity index is 648. The van der Waals surface area contributed by atoms with Crippen LogP contribution in [0.2, 0.25) is 0 Å². The number of rotatable bonds is 5. The van der Waals surface area contributed by atoms with Crippen molar-refractivity contribution < 1.29 is 4.74 Å². The number of hydrogen-bond donors (Lipinski definition) is 1. The van der Waals surface area contributed by atoms with E-state index in [1.807, 2.05) is 6.92 Å². The van der Waals surface area contributed by atoms with Crippen LogP contribution >= 0.6 is 0 Å². The monoisotopic (exact) mass is 290 g/mol. The molecule has 1 saturated heterocycles. The van der Waals surface area contributed by atoms with Crippen LogP contribution in [-0.2, 0) is 4.74 Å². The number of likely N-dealkylation sites (tertiary alicyclic amines) is 1. The van der Waals surface area contributed by atoms with Gasteiger partial charge in [0.2, 0.25) is 5.78 Å². The first kappa shape index (κ1) is 14.3. The van der Waals surface area contributed by atoms with E-state index in [9.17, 15) is 4.79 Å². The van der Waals surface area contributed by atoms with Crippen LogP contribution in [0.25, 0.3) is 5.78 Å². The Kier molecular flexibility index (Phi) is 4.36. The van der Waals surface area contributed by atoms with E-state index in [1.54, 1.807) is 18.5 Å². The standard InChI is InChI=1S/C15H22N4O2/c1-2-21-10-9-18-7-4-3-5-13(18)12-11-14(20)19-8-6-16-15(19)17-12/h6,8,11,13H,2-5,7,9-10H2,1H3,(H,16,17)/t13-/m1/s1. The molecule has 3 heterocycles. The Morgan fingerprint density at radius 3 is 3.24 bits per heavy atom. The zero-order valence-corrected chi connectivity index (χ0v) is 12.4. The summed E-state index contributed by atoms with van der Waals surface area (Å²) in [5.74, 6) is 0.618. The number of H-pyrrole nitrogens is 1. The van der Waals surface area contributed by atoms with Crippen molar-refractivity contribution in [3.05, 3.63) is 34.5 Å². The molecule has 2 aromatic heterocycles. The van der Waals surface area contributed by atoms with Crippen LogP contribution in [0, 0.1) is 0 Å². The molecule has 6 nitrogen and oxygen atoms in total. The van der Waals surface area contributed by atoms with Crippen LogP contribution in [0.5, 0.6) is 0 Å². The summed E-state index contributed by atoms with van der Waals surface area (Å²) < 4.78 is 7.01. The van der Waals surface area contributed by atoms with Gasteiger partial charge in [0, 0.05) is 37.3 Å². The molecule has 0 saturated carbocycles. The number of nitrogens with zero attached hydrogens (tertiary/aromatic N) is 3. The summed E-state index contributed by atoms with van der Waals surface area (Å²) in [5.41, 5.74) is 0.946. The fraction of sp³-hybridized carbons (Fsp3) is 0.600. The van der Waals surface area contributed by atoms with Gasteiger partial charge in [-0.05, 0) is 26.3 Å². The molecule has 0 unspecified atom stereocenters. The number of nitrogens with one attached hydrogen (secondary N) is 1.